The van der Waals surface area contributed by atoms with Crippen molar-refractivity contribution in [3.05, 3.63) is 35.9 Å². The number of rotatable bonds is 3. The molecule has 0 unspecified atom stereocenters. The first-order chi connectivity index (χ1) is 8.36. The highest BCUT2D eigenvalue weighted by Crippen LogP contribution is 2.30. The van der Waals surface area contributed by atoms with Crippen LogP contribution in [-0.2, 0) is 12.8 Å². The van der Waals surface area contributed by atoms with E-state index in [9.17, 15) is 0 Å². The topological polar surface area (TPSA) is 61.3 Å². The minimum Gasteiger partial charge on any atom is -0.493 e. The zero-order valence-electron chi connectivity index (χ0n) is 9.48. The average molecular weight is 230 g/mol. The van der Waals surface area contributed by atoms with E-state index in [0.717, 1.165) is 30.1 Å². The maximum Gasteiger partial charge on any atom is 0.196 e. The molecule has 2 heterocycles. The molecule has 0 bridgehead atoms. The summed E-state index contributed by atoms with van der Waals surface area (Å²) in [5.74, 6) is 2.47. The fourth-order valence-electron chi connectivity index (χ4n) is 2.02. The van der Waals surface area contributed by atoms with E-state index in [4.69, 9.17) is 14.9 Å². The molecule has 1 aromatic heterocycles. The number of nitrogens with zero attached hydrogens (tertiary/aromatic N) is 1. The van der Waals surface area contributed by atoms with Crippen LogP contribution in [0.15, 0.2) is 28.8 Å². The fourth-order valence-corrected chi connectivity index (χ4v) is 2.02. The molecule has 0 atom stereocenters. The van der Waals surface area contributed by atoms with Gasteiger partial charge in [0.2, 0.25) is 0 Å². The van der Waals surface area contributed by atoms with Gasteiger partial charge in [0.1, 0.15) is 5.75 Å². The van der Waals surface area contributed by atoms with E-state index in [1.807, 2.05) is 12.1 Å². The van der Waals surface area contributed by atoms with Gasteiger partial charge in [-0.25, -0.2) is 4.98 Å². The van der Waals surface area contributed by atoms with Crippen molar-refractivity contribution in [2.45, 2.75) is 12.8 Å². The molecule has 2 N–H and O–H groups in total. The normalized spacial score (nSPS) is 13.5. The highest BCUT2D eigenvalue weighted by atomic mass is 16.5. The number of fused-ring (bicyclic) bond motifs is 1. The molecular weight excluding hydrogens is 216 g/mol. The van der Waals surface area contributed by atoms with Gasteiger partial charge in [0.15, 0.2) is 11.7 Å². The average Bonchev–Trinajstić information content (AvgIpc) is 2.96. The van der Waals surface area contributed by atoms with E-state index in [1.165, 1.54) is 5.56 Å². The smallest absolute Gasteiger partial charge is 0.196 e. The second kappa shape index (κ2) is 4.22. The van der Waals surface area contributed by atoms with Crippen LogP contribution in [-0.4, -0.2) is 18.1 Å². The number of benzene rings is 1. The molecular formula is C13H14N2O2. The van der Waals surface area contributed by atoms with Crippen LogP contribution in [0.25, 0.3) is 11.3 Å². The lowest BCUT2D eigenvalue weighted by molar-refractivity contribution is 0.357. The first kappa shape index (κ1) is 10.4. The molecule has 0 saturated carbocycles. The van der Waals surface area contributed by atoms with Crippen molar-refractivity contribution in [2.24, 2.45) is 5.73 Å². The number of nitrogens with two attached hydrogens (primary N) is 1. The summed E-state index contributed by atoms with van der Waals surface area (Å²) in [6.45, 7) is 1.32. The molecule has 0 saturated heterocycles. The second-order valence-corrected chi connectivity index (χ2v) is 4.08. The summed E-state index contributed by atoms with van der Waals surface area (Å²) in [7, 11) is 0. The van der Waals surface area contributed by atoms with Gasteiger partial charge in [-0.3, -0.25) is 0 Å². The largest absolute Gasteiger partial charge is 0.493 e. The Bertz CT molecular complexity index is 534. The van der Waals surface area contributed by atoms with Gasteiger partial charge in [0.05, 0.1) is 12.8 Å². The molecule has 4 nitrogen and oxygen atoms in total. The number of oxazole rings is 1. The highest BCUT2D eigenvalue weighted by Gasteiger charge is 2.14. The van der Waals surface area contributed by atoms with Crippen LogP contribution in [0.4, 0.5) is 0 Å². The molecule has 3 rings (SSSR count). The van der Waals surface area contributed by atoms with E-state index < -0.39 is 0 Å². The zero-order valence-corrected chi connectivity index (χ0v) is 9.48. The minimum atomic E-state index is 0.554. The Morgan fingerprint density at radius 1 is 1.35 bits per heavy atom. The Kier molecular flexibility index (Phi) is 2.57. The van der Waals surface area contributed by atoms with Gasteiger partial charge in [-0.15, -0.1) is 0 Å². The van der Waals surface area contributed by atoms with Gasteiger partial charge >= 0.3 is 0 Å². The van der Waals surface area contributed by atoms with E-state index in [2.05, 4.69) is 11.1 Å². The lowest BCUT2D eigenvalue weighted by Crippen LogP contribution is -2.02. The van der Waals surface area contributed by atoms with Crippen molar-refractivity contribution >= 4 is 0 Å². The Hall–Kier alpha value is -1.81. The minimum absolute atomic E-state index is 0.554. The second-order valence-electron chi connectivity index (χ2n) is 4.08. The summed E-state index contributed by atoms with van der Waals surface area (Å²) in [4.78, 5) is 4.20. The standard InChI is InChI=1S/C13H14N2O2/c14-5-3-13-15-8-12(17-13)9-1-2-11-10(7-9)4-6-16-11/h1-2,7-8H,3-6,14H2. The summed E-state index contributed by atoms with van der Waals surface area (Å²) in [6, 6.07) is 6.09. The molecule has 88 valence electrons. The van der Waals surface area contributed by atoms with Gasteiger partial charge in [-0.05, 0) is 23.8 Å². The van der Waals surface area contributed by atoms with Crippen LogP contribution in [0.2, 0.25) is 0 Å². The van der Waals surface area contributed by atoms with Crippen LogP contribution in [0.3, 0.4) is 0 Å². The Balaban J connectivity index is 1.92. The molecule has 0 fully saturated rings. The molecule has 17 heavy (non-hydrogen) atoms. The van der Waals surface area contributed by atoms with Gasteiger partial charge in [0.25, 0.3) is 0 Å². The van der Waals surface area contributed by atoms with Gasteiger partial charge < -0.3 is 14.9 Å². The van der Waals surface area contributed by atoms with Crippen LogP contribution >= 0.6 is 0 Å². The van der Waals surface area contributed by atoms with Crippen molar-refractivity contribution in [3.63, 3.8) is 0 Å². The lowest BCUT2D eigenvalue weighted by Gasteiger charge is -2.00. The van der Waals surface area contributed by atoms with E-state index in [-0.39, 0.29) is 0 Å². The summed E-state index contributed by atoms with van der Waals surface area (Å²) in [5.41, 5.74) is 7.75. The fraction of sp³-hybridized carbons (Fsp3) is 0.308. The Morgan fingerprint density at radius 2 is 2.29 bits per heavy atom. The third-order valence-electron chi connectivity index (χ3n) is 2.89. The van der Waals surface area contributed by atoms with E-state index in [0.29, 0.717) is 18.9 Å². The summed E-state index contributed by atoms with van der Waals surface area (Å²) >= 11 is 0. The van der Waals surface area contributed by atoms with Gasteiger partial charge in [0, 0.05) is 24.9 Å². The van der Waals surface area contributed by atoms with Crippen molar-refractivity contribution in [1.29, 1.82) is 0 Å². The number of aromatic nitrogens is 1. The first-order valence-electron chi connectivity index (χ1n) is 5.77. The van der Waals surface area contributed by atoms with Crippen LogP contribution in [0.1, 0.15) is 11.5 Å². The molecule has 0 amide bonds. The number of hydrogen-bond donors (Lipinski definition) is 1. The predicted octanol–water partition coefficient (Wildman–Crippen LogP) is 1.78. The van der Waals surface area contributed by atoms with Crippen LogP contribution in [0, 0.1) is 0 Å². The van der Waals surface area contributed by atoms with E-state index in [1.54, 1.807) is 6.20 Å². The monoisotopic (exact) mass is 230 g/mol. The number of hydrogen-bond acceptors (Lipinski definition) is 4. The molecule has 4 heteroatoms. The SMILES string of the molecule is NCCc1ncc(-c2ccc3c(c2)CCO3)o1. The van der Waals surface area contributed by atoms with Gasteiger partial charge in [-0.2, -0.15) is 0 Å². The van der Waals surface area contributed by atoms with Crippen molar-refractivity contribution < 1.29 is 9.15 Å². The van der Waals surface area contributed by atoms with Crippen molar-refractivity contribution in [1.82, 2.24) is 4.98 Å². The third kappa shape index (κ3) is 1.91. The van der Waals surface area contributed by atoms with Gasteiger partial charge in [-0.1, -0.05) is 0 Å². The highest BCUT2D eigenvalue weighted by molar-refractivity contribution is 5.60. The summed E-state index contributed by atoms with van der Waals surface area (Å²) in [6.07, 6.45) is 3.39. The van der Waals surface area contributed by atoms with E-state index >= 15 is 0 Å². The Morgan fingerprint density at radius 3 is 3.18 bits per heavy atom. The molecule has 1 aliphatic heterocycles. The van der Waals surface area contributed by atoms with Crippen LogP contribution < -0.4 is 10.5 Å². The zero-order chi connectivity index (χ0) is 11.7. The Labute approximate surface area is 99.4 Å². The maximum absolute atomic E-state index is 5.64. The van der Waals surface area contributed by atoms with Crippen LogP contribution in [0.5, 0.6) is 5.75 Å². The molecule has 0 radical (unpaired) electrons. The summed E-state index contributed by atoms with van der Waals surface area (Å²) in [5, 5.41) is 0. The van der Waals surface area contributed by atoms with Crippen molar-refractivity contribution in [3.8, 4) is 17.1 Å². The molecule has 0 aliphatic carbocycles. The number of ether oxygens (including phenoxy) is 1. The third-order valence-corrected chi connectivity index (χ3v) is 2.89. The maximum atomic E-state index is 5.64. The molecule has 2 aromatic rings. The molecule has 0 spiro atoms. The molecule has 1 aromatic carbocycles. The first-order valence-corrected chi connectivity index (χ1v) is 5.77. The quantitative estimate of drug-likeness (QED) is 0.873. The van der Waals surface area contributed by atoms with Crippen molar-refractivity contribution in [2.75, 3.05) is 13.2 Å². The summed E-state index contributed by atoms with van der Waals surface area (Å²) < 4.78 is 11.1. The predicted molar refractivity (Wildman–Crippen MR) is 63.9 cm³/mol. The lowest BCUT2D eigenvalue weighted by atomic mass is 10.1. The molecule has 1 aliphatic rings.